The van der Waals surface area contributed by atoms with Crippen LogP contribution in [0.15, 0.2) is 23.8 Å². The van der Waals surface area contributed by atoms with E-state index in [1.807, 2.05) is 12.1 Å². The zero-order valence-electron chi connectivity index (χ0n) is 9.50. The lowest BCUT2D eigenvalue weighted by Gasteiger charge is -2.05. The van der Waals surface area contributed by atoms with Crippen LogP contribution >= 0.6 is 0 Å². The highest BCUT2D eigenvalue weighted by molar-refractivity contribution is 5.94. The first-order valence-corrected chi connectivity index (χ1v) is 5.42. The second-order valence-electron chi connectivity index (χ2n) is 4.52. The molecule has 0 aromatic heterocycles. The normalized spacial score (nSPS) is 14.0. The Morgan fingerprint density at radius 3 is 2.67 bits per heavy atom. The molecule has 0 saturated carbocycles. The largest absolute Gasteiger partial charge is 0.295 e. The van der Waals surface area contributed by atoms with E-state index in [4.69, 9.17) is 0 Å². The van der Waals surface area contributed by atoms with E-state index in [1.54, 1.807) is 6.92 Å². The van der Waals surface area contributed by atoms with E-state index < -0.39 is 0 Å². The van der Waals surface area contributed by atoms with Crippen LogP contribution in [0, 0.1) is 5.92 Å². The SMILES string of the molecule is CC(=O)c1ccc2c(c1)CC(C(C)C)=C2. The van der Waals surface area contributed by atoms with Crippen molar-refractivity contribution in [1.29, 1.82) is 0 Å². The summed E-state index contributed by atoms with van der Waals surface area (Å²) < 4.78 is 0. The van der Waals surface area contributed by atoms with Crippen molar-refractivity contribution in [3.8, 4) is 0 Å². The Morgan fingerprint density at radius 1 is 1.33 bits per heavy atom. The van der Waals surface area contributed by atoms with Gasteiger partial charge in [-0.05, 0) is 36.5 Å². The van der Waals surface area contributed by atoms with Crippen molar-refractivity contribution < 1.29 is 4.79 Å². The van der Waals surface area contributed by atoms with Crippen LogP contribution in [0.4, 0.5) is 0 Å². The molecule has 78 valence electrons. The molecule has 0 heterocycles. The van der Waals surface area contributed by atoms with E-state index in [-0.39, 0.29) is 5.78 Å². The summed E-state index contributed by atoms with van der Waals surface area (Å²) in [7, 11) is 0. The van der Waals surface area contributed by atoms with Crippen LogP contribution in [0.2, 0.25) is 0 Å². The summed E-state index contributed by atoms with van der Waals surface area (Å²) in [5, 5.41) is 0. The van der Waals surface area contributed by atoms with Crippen LogP contribution in [0.5, 0.6) is 0 Å². The van der Waals surface area contributed by atoms with Crippen LogP contribution in [0.3, 0.4) is 0 Å². The molecule has 15 heavy (non-hydrogen) atoms. The van der Waals surface area contributed by atoms with Gasteiger partial charge in [0.25, 0.3) is 0 Å². The fourth-order valence-electron chi connectivity index (χ4n) is 1.96. The maximum absolute atomic E-state index is 11.2. The predicted molar refractivity (Wildman–Crippen MR) is 63.0 cm³/mol. The van der Waals surface area contributed by atoms with E-state index in [9.17, 15) is 4.79 Å². The lowest BCUT2D eigenvalue weighted by molar-refractivity contribution is 0.101. The van der Waals surface area contributed by atoms with Crippen molar-refractivity contribution in [1.82, 2.24) is 0 Å². The molecule has 0 aliphatic heterocycles. The Kier molecular flexibility index (Phi) is 2.47. The molecule has 1 heteroatoms. The van der Waals surface area contributed by atoms with Crippen molar-refractivity contribution in [2.75, 3.05) is 0 Å². The zero-order chi connectivity index (χ0) is 11.0. The van der Waals surface area contributed by atoms with Crippen molar-refractivity contribution in [3.63, 3.8) is 0 Å². The minimum atomic E-state index is 0.149. The number of fused-ring (bicyclic) bond motifs is 1. The summed E-state index contributed by atoms with van der Waals surface area (Å²) in [6, 6.07) is 6.01. The highest BCUT2D eigenvalue weighted by Gasteiger charge is 2.15. The third-order valence-electron chi connectivity index (χ3n) is 3.03. The van der Waals surface area contributed by atoms with Crippen LogP contribution in [-0.2, 0) is 6.42 Å². The summed E-state index contributed by atoms with van der Waals surface area (Å²) in [4.78, 5) is 11.2. The van der Waals surface area contributed by atoms with Gasteiger partial charge in [0.1, 0.15) is 0 Å². The quantitative estimate of drug-likeness (QED) is 0.668. The van der Waals surface area contributed by atoms with Gasteiger partial charge in [-0.25, -0.2) is 0 Å². The first-order chi connectivity index (χ1) is 7.08. The van der Waals surface area contributed by atoms with Crippen LogP contribution in [0.1, 0.15) is 42.3 Å². The monoisotopic (exact) mass is 200 g/mol. The Bertz CT molecular complexity index is 439. The molecule has 0 spiro atoms. The first kappa shape index (κ1) is 10.2. The number of hydrogen-bond acceptors (Lipinski definition) is 1. The summed E-state index contributed by atoms with van der Waals surface area (Å²) in [5.74, 6) is 0.744. The zero-order valence-corrected chi connectivity index (χ0v) is 9.50. The van der Waals surface area contributed by atoms with Gasteiger partial charge in [0.2, 0.25) is 0 Å². The fraction of sp³-hybridized carbons (Fsp3) is 0.357. The lowest BCUT2D eigenvalue weighted by atomic mass is 10.00. The van der Waals surface area contributed by atoms with Gasteiger partial charge in [0.15, 0.2) is 5.78 Å². The van der Waals surface area contributed by atoms with Gasteiger partial charge < -0.3 is 0 Å². The molecule has 1 nitrogen and oxygen atoms in total. The number of carbonyl (C=O) groups is 1. The summed E-state index contributed by atoms with van der Waals surface area (Å²) in [5.41, 5.74) is 4.87. The van der Waals surface area contributed by atoms with E-state index in [1.165, 1.54) is 16.7 Å². The molecule has 1 aliphatic rings. The molecular formula is C14H16O. The summed E-state index contributed by atoms with van der Waals surface area (Å²) in [6.07, 6.45) is 3.26. The number of Topliss-reactive ketones (excluding diaryl/α,β-unsaturated/α-hetero) is 1. The number of benzene rings is 1. The molecule has 1 aliphatic carbocycles. The van der Waals surface area contributed by atoms with E-state index in [0.717, 1.165) is 12.0 Å². The van der Waals surface area contributed by atoms with E-state index in [0.29, 0.717) is 5.92 Å². The Labute approximate surface area is 90.8 Å². The molecule has 2 rings (SSSR count). The van der Waals surface area contributed by atoms with Crippen molar-refractivity contribution in [2.45, 2.75) is 27.2 Å². The van der Waals surface area contributed by atoms with E-state index in [2.05, 4.69) is 26.0 Å². The highest BCUT2D eigenvalue weighted by Crippen LogP contribution is 2.29. The summed E-state index contributed by atoms with van der Waals surface area (Å²) in [6.45, 7) is 6.04. The van der Waals surface area contributed by atoms with Crippen LogP contribution < -0.4 is 0 Å². The molecule has 0 N–H and O–H groups in total. The topological polar surface area (TPSA) is 17.1 Å². The molecule has 0 unspecified atom stereocenters. The maximum atomic E-state index is 11.2. The molecule has 0 saturated heterocycles. The standard InChI is InChI=1S/C14H16O/c1-9(2)13-7-12-5-4-11(10(3)15)6-14(12)8-13/h4-7,9H,8H2,1-3H3. The minimum Gasteiger partial charge on any atom is -0.295 e. The summed E-state index contributed by atoms with van der Waals surface area (Å²) >= 11 is 0. The number of hydrogen-bond donors (Lipinski definition) is 0. The fourth-order valence-corrected chi connectivity index (χ4v) is 1.96. The Morgan fingerprint density at radius 2 is 2.07 bits per heavy atom. The molecule has 0 fully saturated rings. The number of carbonyl (C=O) groups excluding carboxylic acids is 1. The minimum absolute atomic E-state index is 0.149. The van der Waals surface area contributed by atoms with Gasteiger partial charge >= 0.3 is 0 Å². The molecule has 0 bridgehead atoms. The Balaban J connectivity index is 2.34. The molecule has 0 atom stereocenters. The van der Waals surface area contributed by atoms with Gasteiger partial charge in [-0.1, -0.05) is 37.6 Å². The maximum Gasteiger partial charge on any atom is 0.159 e. The van der Waals surface area contributed by atoms with Crippen molar-refractivity contribution in [3.05, 3.63) is 40.5 Å². The lowest BCUT2D eigenvalue weighted by Crippen LogP contribution is -1.96. The molecule has 0 amide bonds. The van der Waals surface area contributed by atoms with E-state index >= 15 is 0 Å². The second-order valence-corrected chi connectivity index (χ2v) is 4.52. The Hall–Kier alpha value is -1.37. The highest BCUT2D eigenvalue weighted by atomic mass is 16.1. The average Bonchev–Trinajstić information content (AvgIpc) is 2.59. The third kappa shape index (κ3) is 1.87. The first-order valence-electron chi connectivity index (χ1n) is 5.42. The molecular weight excluding hydrogens is 184 g/mol. The third-order valence-corrected chi connectivity index (χ3v) is 3.03. The van der Waals surface area contributed by atoms with Crippen LogP contribution in [-0.4, -0.2) is 5.78 Å². The number of allylic oxidation sites excluding steroid dienone is 1. The second kappa shape index (κ2) is 3.65. The molecule has 1 aromatic carbocycles. The van der Waals surface area contributed by atoms with Crippen LogP contribution in [0.25, 0.3) is 6.08 Å². The van der Waals surface area contributed by atoms with Gasteiger partial charge in [0, 0.05) is 5.56 Å². The molecule has 0 radical (unpaired) electrons. The van der Waals surface area contributed by atoms with Gasteiger partial charge in [-0.15, -0.1) is 0 Å². The number of rotatable bonds is 2. The molecule has 1 aromatic rings. The van der Waals surface area contributed by atoms with Gasteiger partial charge in [0.05, 0.1) is 0 Å². The predicted octanol–water partition coefficient (Wildman–Crippen LogP) is 3.48. The van der Waals surface area contributed by atoms with Gasteiger partial charge in [-0.3, -0.25) is 4.79 Å². The smallest absolute Gasteiger partial charge is 0.159 e. The van der Waals surface area contributed by atoms with Gasteiger partial charge in [-0.2, -0.15) is 0 Å². The van der Waals surface area contributed by atoms with Crippen molar-refractivity contribution >= 4 is 11.9 Å². The number of ketones is 1. The van der Waals surface area contributed by atoms with Crippen molar-refractivity contribution in [2.24, 2.45) is 5.92 Å². The average molecular weight is 200 g/mol.